The average Bonchev–Trinajstić information content (AvgIpc) is 2.77. The molecule has 2 heterocycles. The summed E-state index contributed by atoms with van der Waals surface area (Å²) >= 11 is 2.41. The first-order valence-electron chi connectivity index (χ1n) is 4.96. The third-order valence-electron chi connectivity index (χ3n) is 2.54. The van der Waals surface area contributed by atoms with Crippen LogP contribution in [0.4, 0.5) is 0 Å². The topological polar surface area (TPSA) is 59.3 Å². The lowest BCUT2D eigenvalue weighted by molar-refractivity contribution is 0.0702. The molecule has 17 heavy (non-hydrogen) atoms. The zero-order chi connectivity index (χ0) is 12.6. The summed E-state index contributed by atoms with van der Waals surface area (Å²) in [4.78, 5) is 23.7. The van der Waals surface area contributed by atoms with Crippen LogP contribution < -0.4 is 4.87 Å². The number of carbonyl (C=O) groups is 1. The van der Waals surface area contributed by atoms with Crippen LogP contribution in [0.1, 0.15) is 25.8 Å². The largest absolute Gasteiger partial charge is 0.477 e. The maximum absolute atomic E-state index is 11.6. The molecule has 6 heteroatoms. The summed E-state index contributed by atoms with van der Waals surface area (Å²) in [6.07, 6.45) is 0. The highest BCUT2D eigenvalue weighted by Gasteiger charge is 2.12. The number of aromatic nitrogens is 1. The first kappa shape index (κ1) is 12.1. The molecular weight excluding hydrogens is 258 g/mol. The van der Waals surface area contributed by atoms with Gasteiger partial charge < -0.3 is 5.11 Å². The van der Waals surface area contributed by atoms with Crippen molar-refractivity contribution in [3.63, 3.8) is 0 Å². The Labute approximate surface area is 106 Å². The monoisotopic (exact) mass is 269 g/mol. The predicted molar refractivity (Wildman–Crippen MR) is 68.4 cm³/mol. The summed E-state index contributed by atoms with van der Waals surface area (Å²) in [5, 5.41) is 10.7. The van der Waals surface area contributed by atoms with E-state index in [2.05, 4.69) is 0 Å². The minimum atomic E-state index is -0.918. The van der Waals surface area contributed by atoms with E-state index in [1.807, 2.05) is 19.2 Å². The number of aryl methyl sites for hydroxylation is 2. The van der Waals surface area contributed by atoms with Crippen molar-refractivity contribution >= 4 is 28.6 Å². The van der Waals surface area contributed by atoms with E-state index in [-0.39, 0.29) is 4.87 Å². The smallest absolute Gasteiger partial charge is 0.345 e. The van der Waals surface area contributed by atoms with Crippen molar-refractivity contribution in [3.05, 3.63) is 42.1 Å². The van der Waals surface area contributed by atoms with Gasteiger partial charge >= 0.3 is 10.8 Å². The molecule has 4 nitrogen and oxygen atoms in total. The minimum Gasteiger partial charge on any atom is -0.477 e. The molecule has 0 aliphatic rings. The molecule has 2 aromatic heterocycles. The van der Waals surface area contributed by atoms with E-state index < -0.39 is 5.97 Å². The summed E-state index contributed by atoms with van der Waals surface area (Å²) in [6, 6.07) is 1.64. The molecule has 0 spiro atoms. The molecule has 0 aromatic carbocycles. The van der Waals surface area contributed by atoms with Crippen molar-refractivity contribution in [2.75, 3.05) is 0 Å². The summed E-state index contributed by atoms with van der Waals surface area (Å²) in [6.45, 7) is 4.20. The van der Waals surface area contributed by atoms with Gasteiger partial charge in [0.1, 0.15) is 4.88 Å². The second-order valence-electron chi connectivity index (χ2n) is 3.73. The molecular formula is C11H11NO3S2. The molecule has 0 amide bonds. The molecule has 0 aliphatic carbocycles. The fourth-order valence-corrected chi connectivity index (χ4v) is 3.16. The number of carboxylic acids is 1. The molecule has 2 rings (SSSR count). The third kappa shape index (κ3) is 2.32. The van der Waals surface area contributed by atoms with Crippen LogP contribution in [0.15, 0.2) is 16.2 Å². The normalized spacial score (nSPS) is 10.7. The summed E-state index contributed by atoms with van der Waals surface area (Å²) in [7, 11) is 0. The van der Waals surface area contributed by atoms with Crippen LogP contribution in [0.2, 0.25) is 0 Å². The van der Waals surface area contributed by atoms with E-state index >= 15 is 0 Å². The van der Waals surface area contributed by atoms with Gasteiger partial charge in [-0.05, 0) is 25.5 Å². The molecule has 90 valence electrons. The number of hydrogen-bond acceptors (Lipinski definition) is 4. The van der Waals surface area contributed by atoms with Crippen molar-refractivity contribution in [3.8, 4) is 0 Å². The van der Waals surface area contributed by atoms with Gasteiger partial charge in [0, 0.05) is 16.0 Å². The highest BCUT2D eigenvalue weighted by Crippen LogP contribution is 2.22. The van der Waals surface area contributed by atoms with E-state index in [1.165, 1.54) is 11.3 Å². The predicted octanol–water partition coefficient (Wildman–Crippen LogP) is 2.33. The Morgan fingerprint density at radius 1 is 1.47 bits per heavy atom. The second kappa shape index (κ2) is 4.46. The number of aromatic carboxylic acids is 1. The van der Waals surface area contributed by atoms with Gasteiger partial charge in [-0.25, -0.2) is 4.79 Å². The second-order valence-corrected chi connectivity index (χ2v) is 5.80. The Kier molecular flexibility index (Phi) is 3.17. The lowest BCUT2D eigenvalue weighted by atomic mass is 10.2. The van der Waals surface area contributed by atoms with Gasteiger partial charge in [0.15, 0.2) is 0 Å². The number of thiazole rings is 1. The van der Waals surface area contributed by atoms with E-state index in [0.717, 1.165) is 27.5 Å². The Bertz CT molecular complexity index is 621. The molecule has 0 saturated heterocycles. The molecule has 0 radical (unpaired) electrons. The zero-order valence-electron chi connectivity index (χ0n) is 9.39. The molecule has 0 aliphatic heterocycles. The van der Waals surface area contributed by atoms with Crippen LogP contribution in [0.3, 0.4) is 0 Å². The van der Waals surface area contributed by atoms with Gasteiger partial charge in [0.05, 0.1) is 6.54 Å². The van der Waals surface area contributed by atoms with Crippen molar-refractivity contribution < 1.29 is 9.90 Å². The standard InChI is InChI=1S/C11H11NO3S2/c1-6-5-16-11(15)12(6)4-8-3-9(10(13)14)17-7(8)2/h3,5H,4H2,1-2H3,(H,13,14). The van der Waals surface area contributed by atoms with Crippen molar-refractivity contribution in [2.24, 2.45) is 0 Å². The van der Waals surface area contributed by atoms with Crippen LogP contribution in [0.5, 0.6) is 0 Å². The third-order valence-corrected chi connectivity index (χ3v) is 4.50. The lowest BCUT2D eigenvalue weighted by Gasteiger charge is -2.03. The minimum absolute atomic E-state index is 0.00928. The van der Waals surface area contributed by atoms with Crippen LogP contribution >= 0.6 is 22.7 Å². The summed E-state index contributed by atoms with van der Waals surface area (Å²) < 4.78 is 1.66. The molecule has 1 N–H and O–H groups in total. The number of carboxylic acid groups (broad SMARTS) is 1. The van der Waals surface area contributed by atoms with Crippen LogP contribution in [-0.4, -0.2) is 15.6 Å². The van der Waals surface area contributed by atoms with Crippen molar-refractivity contribution in [1.29, 1.82) is 0 Å². The van der Waals surface area contributed by atoms with Crippen LogP contribution in [0.25, 0.3) is 0 Å². The molecule has 0 unspecified atom stereocenters. The van der Waals surface area contributed by atoms with Gasteiger partial charge in [0.25, 0.3) is 0 Å². The Morgan fingerprint density at radius 3 is 2.65 bits per heavy atom. The van der Waals surface area contributed by atoms with Crippen LogP contribution in [-0.2, 0) is 6.54 Å². The highest BCUT2D eigenvalue weighted by molar-refractivity contribution is 7.14. The van der Waals surface area contributed by atoms with E-state index in [4.69, 9.17) is 5.11 Å². The summed E-state index contributed by atoms with van der Waals surface area (Å²) in [5.74, 6) is -0.918. The average molecular weight is 269 g/mol. The van der Waals surface area contributed by atoms with Crippen molar-refractivity contribution in [1.82, 2.24) is 4.57 Å². The Morgan fingerprint density at radius 2 is 2.18 bits per heavy atom. The molecule has 0 saturated carbocycles. The SMILES string of the molecule is Cc1sc(C(=O)O)cc1Cn1c(C)csc1=O. The van der Waals surface area contributed by atoms with Gasteiger partial charge in [-0.15, -0.1) is 11.3 Å². The first-order valence-corrected chi connectivity index (χ1v) is 6.66. The maximum atomic E-state index is 11.6. The fourth-order valence-electron chi connectivity index (χ4n) is 1.55. The number of hydrogen-bond donors (Lipinski definition) is 1. The zero-order valence-corrected chi connectivity index (χ0v) is 11.0. The van der Waals surface area contributed by atoms with E-state index in [1.54, 1.807) is 10.6 Å². The number of thiophene rings is 1. The van der Waals surface area contributed by atoms with Gasteiger partial charge in [-0.2, -0.15) is 0 Å². The van der Waals surface area contributed by atoms with E-state index in [0.29, 0.717) is 11.4 Å². The van der Waals surface area contributed by atoms with Gasteiger partial charge in [-0.1, -0.05) is 11.3 Å². The first-order chi connectivity index (χ1) is 7.99. The van der Waals surface area contributed by atoms with E-state index in [9.17, 15) is 9.59 Å². The molecule has 2 aromatic rings. The molecule has 0 bridgehead atoms. The van der Waals surface area contributed by atoms with Gasteiger partial charge in [-0.3, -0.25) is 9.36 Å². The Balaban J connectivity index is 2.37. The molecule has 0 fully saturated rings. The Hall–Kier alpha value is -1.40. The maximum Gasteiger partial charge on any atom is 0.345 e. The van der Waals surface area contributed by atoms with Crippen LogP contribution in [0, 0.1) is 13.8 Å². The quantitative estimate of drug-likeness (QED) is 0.930. The van der Waals surface area contributed by atoms with Crippen molar-refractivity contribution in [2.45, 2.75) is 20.4 Å². The fraction of sp³-hybridized carbons (Fsp3) is 0.273. The lowest BCUT2D eigenvalue weighted by Crippen LogP contribution is -2.15. The number of nitrogens with zero attached hydrogens (tertiary/aromatic N) is 1. The molecule has 0 atom stereocenters. The summed E-state index contributed by atoms with van der Waals surface area (Å²) in [5.41, 5.74) is 1.80. The number of rotatable bonds is 3. The van der Waals surface area contributed by atoms with Gasteiger partial charge in [0.2, 0.25) is 0 Å². The highest BCUT2D eigenvalue weighted by atomic mass is 32.1.